The van der Waals surface area contributed by atoms with Crippen LogP contribution in [0.5, 0.6) is 0 Å². The van der Waals surface area contributed by atoms with Crippen molar-refractivity contribution in [1.82, 2.24) is 4.98 Å². The summed E-state index contributed by atoms with van der Waals surface area (Å²) in [7, 11) is 0. The molecule has 0 aliphatic rings. The topological polar surface area (TPSA) is 62.0 Å². The Bertz CT molecular complexity index is 937. The fourth-order valence-corrected chi connectivity index (χ4v) is 2.52. The Balaban J connectivity index is 1.87. The van der Waals surface area contributed by atoms with Gasteiger partial charge in [0, 0.05) is 27.8 Å². The minimum absolute atomic E-state index is 0.144. The van der Waals surface area contributed by atoms with Crippen molar-refractivity contribution < 1.29 is 14.0 Å². The Labute approximate surface area is 140 Å². The monoisotopic (exact) mass is 350 g/mol. The lowest BCUT2D eigenvalue weighted by atomic mass is 10.1. The summed E-state index contributed by atoms with van der Waals surface area (Å²) in [5.41, 5.74) is 1.12. The Kier molecular flexibility index (Phi) is 4.07. The standard InChI is InChI=1S/C16H9Cl2FN2O2/c17-8-1-4-14-10(5-8)11(7-20-14)15(22)16(23)21-9-2-3-13(19)12(18)6-9/h1-7,20H,(H,21,23). The predicted molar refractivity (Wildman–Crippen MR) is 87.7 cm³/mol. The molecule has 1 heterocycles. The maximum absolute atomic E-state index is 13.1. The number of aromatic amines is 1. The molecule has 3 rings (SSSR count). The van der Waals surface area contributed by atoms with Gasteiger partial charge in [-0.1, -0.05) is 23.2 Å². The van der Waals surface area contributed by atoms with Gasteiger partial charge < -0.3 is 10.3 Å². The van der Waals surface area contributed by atoms with Crippen LogP contribution in [0.25, 0.3) is 10.9 Å². The van der Waals surface area contributed by atoms with E-state index in [9.17, 15) is 14.0 Å². The Morgan fingerprint density at radius 1 is 1.09 bits per heavy atom. The largest absolute Gasteiger partial charge is 0.360 e. The van der Waals surface area contributed by atoms with E-state index in [4.69, 9.17) is 23.2 Å². The molecule has 0 atom stereocenters. The molecular formula is C16H9Cl2FN2O2. The van der Waals surface area contributed by atoms with Crippen molar-refractivity contribution in [2.45, 2.75) is 0 Å². The van der Waals surface area contributed by atoms with E-state index >= 15 is 0 Å². The predicted octanol–water partition coefficient (Wildman–Crippen LogP) is 4.44. The molecule has 0 spiro atoms. The first kappa shape index (κ1) is 15.5. The summed E-state index contributed by atoms with van der Waals surface area (Å²) < 4.78 is 13.1. The molecule has 0 fully saturated rings. The second-order valence-electron chi connectivity index (χ2n) is 4.80. The lowest BCUT2D eigenvalue weighted by Crippen LogP contribution is -2.22. The van der Waals surface area contributed by atoms with Gasteiger partial charge in [0.15, 0.2) is 0 Å². The second-order valence-corrected chi connectivity index (χ2v) is 5.65. The van der Waals surface area contributed by atoms with Gasteiger partial charge in [0.1, 0.15) is 5.82 Å². The van der Waals surface area contributed by atoms with Gasteiger partial charge in [-0.2, -0.15) is 0 Å². The summed E-state index contributed by atoms with van der Waals surface area (Å²) in [5.74, 6) is -2.20. The van der Waals surface area contributed by atoms with Crippen molar-refractivity contribution in [3.8, 4) is 0 Å². The van der Waals surface area contributed by atoms with E-state index < -0.39 is 17.5 Å². The van der Waals surface area contributed by atoms with Gasteiger partial charge in [-0.15, -0.1) is 0 Å². The molecule has 1 amide bonds. The van der Waals surface area contributed by atoms with Crippen molar-refractivity contribution in [1.29, 1.82) is 0 Å². The third-order valence-corrected chi connectivity index (χ3v) is 3.80. The molecule has 0 aliphatic heterocycles. The van der Waals surface area contributed by atoms with E-state index in [1.807, 2.05) is 0 Å². The zero-order valence-corrected chi connectivity index (χ0v) is 13.0. The number of benzene rings is 2. The molecule has 2 N–H and O–H groups in total. The minimum atomic E-state index is -0.853. The summed E-state index contributed by atoms with van der Waals surface area (Å²) >= 11 is 11.6. The zero-order chi connectivity index (χ0) is 16.6. The molecule has 4 nitrogen and oxygen atoms in total. The number of hydrogen-bond acceptors (Lipinski definition) is 2. The van der Waals surface area contributed by atoms with Crippen LogP contribution in [0.2, 0.25) is 10.0 Å². The fraction of sp³-hybridized carbons (Fsp3) is 0. The van der Waals surface area contributed by atoms with Crippen molar-refractivity contribution in [2.24, 2.45) is 0 Å². The number of ketones is 1. The van der Waals surface area contributed by atoms with Crippen molar-refractivity contribution in [3.05, 3.63) is 64.0 Å². The van der Waals surface area contributed by atoms with E-state index in [0.29, 0.717) is 15.9 Å². The van der Waals surface area contributed by atoms with E-state index in [1.54, 1.807) is 18.2 Å². The van der Waals surface area contributed by atoms with Crippen molar-refractivity contribution in [2.75, 3.05) is 5.32 Å². The van der Waals surface area contributed by atoms with E-state index in [1.165, 1.54) is 18.3 Å². The average molecular weight is 351 g/mol. The Hall–Kier alpha value is -2.37. The number of aromatic nitrogens is 1. The highest BCUT2D eigenvalue weighted by molar-refractivity contribution is 6.48. The SMILES string of the molecule is O=C(Nc1ccc(F)c(Cl)c1)C(=O)c1c[nH]c2ccc(Cl)cc12. The fourth-order valence-electron chi connectivity index (χ4n) is 2.16. The highest BCUT2D eigenvalue weighted by Crippen LogP contribution is 2.24. The molecule has 0 unspecified atom stereocenters. The molecule has 1 aromatic heterocycles. The molecule has 2 aromatic carbocycles. The first-order valence-electron chi connectivity index (χ1n) is 6.53. The first-order valence-corrected chi connectivity index (χ1v) is 7.28. The van der Waals surface area contributed by atoms with Crippen LogP contribution in [0.1, 0.15) is 10.4 Å². The van der Waals surface area contributed by atoms with Gasteiger partial charge in [-0.3, -0.25) is 9.59 Å². The number of carbonyl (C=O) groups is 2. The highest BCUT2D eigenvalue weighted by Gasteiger charge is 2.20. The van der Waals surface area contributed by atoms with Gasteiger partial charge in [-0.05, 0) is 36.4 Å². The number of rotatable bonds is 3. The van der Waals surface area contributed by atoms with Crippen LogP contribution in [-0.4, -0.2) is 16.7 Å². The van der Waals surface area contributed by atoms with Crippen LogP contribution in [0.15, 0.2) is 42.6 Å². The van der Waals surface area contributed by atoms with Gasteiger partial charge in [-0.25, -0.2) is 4.39 Å². The summed E-state index contributed by atoms with van der Waals surface area (Å²) in [6.07, 6.45) is 1.44. The molecule has 7 heteroatoms. The third kappa shape index (κ3) is 3.06. The summed E-state index contributed by atoms with van der Waals surface area (Å²) in [4.78, 5) is 27.3. The number of amides is 1. The molecule has 23 heavy (non-hydrogen) atoms. The second kappa shape index (κ2) is 6.02. The summed E-state index contributed by atoms with van der Waals surface area (Å²) in [6, 6.07) is 8.64. The molecule has 0 aliphatic carbocycles. The number of hydrogen-bond donors (Lipinski definition) is 2. The minimum Gasteiger partial charge on any atom is -0.360 e. The lowest BCUT2D eigenvalue weighted by molar-refractivity contribution is -0.112. The number of Topliss-reactive ketones (excluding diaryl/α,β-unsaturated/α-hetero) is 1. The molecule has 0 saturated heterocycles. The van der Waals surface area contributed by atoms with E-state index in [2.05, 4.69) is 10.3 Å². The first-order chi connectivity index (χ1) is 11.0. The van der Waals surface area contributed by atoms with Crippen LogP contribution in [0, 0.1) is 5.82 Å². The maximum atomic E-state index is 13.1. The van der Waals surface area contributed by atoms with Gasteiger partial charge >= 0.3 is 0 Å². The summed E-state index contributed by atoms with van der Waals surface area (Å²) in [6.45, 7) is 0. The maximum Gasteiger partial charge on any atom is 0.296 e. The molecule has 116 valence electrons. The van der Waals surface area contributed by atoms with Gasteiger partial charge in [0.05, 0.1) is 10.6 Å². The molecule has 0 bridgehead atoms. The Morgan fingerprint density at radius 3 is 2.61 bits per heavy atom. The van der Waals surface area contributed by atoms with E-state index in [0.717, 1.165) is 6.07 Å². The number of fused-ring (bicyclic) bond motifs is 1. The van der Waals surface area contributed by atoms with Gasteiger partial charge in [0.2, 0.25) is 0 Å². The van der Waals surface area contributed by atoms with Crippen LogP contribution in [0.3, 0.4) is 0 Å². The lowest BCUT2D eigenvalue weighted by Gasteiger charge is -2.05. The highest BCUT2D eigenvalue weighted by atomic mass is 35.5. The van der Waals surface area contributed by atoms with Crippen LogP contribution >= 0.6 is 23.2 Å². The number of H-pyrrole nitrogens is 1. The normalized spacial score (nSPS) is 10.7. The van der Waals surface area contributed by atoms with Crippen molar-refractivity contribution >= 4 is 51.5 Å². The summed E-state index contributed by atoms with van der Waals surface area (Å²) in [5, 5.41) is 3.25. The number of carbonyl (C=O) groups excluding carboxylic acids is 2. The average Bonchev–Trinajstić information content (AvgIpc) is 2.93. The van der Waals surface area contributed by atoms with Crippen LogP contribution in [0.4, 0.5) is 10.1 Å². The number of anilines is 1. The van der Waals surface area contributed by atoms with Crippen molar-refractivity contribution in [3.63, 3.8) is 0 Å². The number of nitrogens with one attached hydrogen (secondary N) is 2. The van der Waals surface area contributed by atoms with Crippen LogP contribution in [-0.2, 0) is 4.79 Å². The van der Waals surface area contributed by atoms with Gasteiger partial charge in [0.25, 0.3) is 11.7 Å². The number of halogens is 3. The Morgan fingerprint density at radius 2 is 1.87 bits per heavy atom. The molecular weight excluding hydrogens is 342 g/mol. The zero-order valence-electron chi connectivity index (χ0n) is 11.5. The van der Waals surface area contributed by atoms with E-state index in [-0.39, 0.29) is 16.3 Å². The molecule has 3 aromatic rings. The molecule has 0 radical (unpaired) electrons. The van der Waals surface area contributed by atoms with Crippen LogP contribution < -0.4 is 5.32 Å². The quantitative estimate of drug-likeness (QED) is 0.542. The molecule has 0 saturated carbocycles. The smallest absolute Gasteiger partial charge is 0.296 e. The third-order valence-electron chi connectivity index (χ3n) is 3.27.